The Bertz CT molecular complexity index is 442. The van der Waals surface area contributed by atoms with Gasteiger partial charge in [0.2, 0.25) is 5.91 Å². The monoisotopic (exact) mass is 271 g/mol. The maximum atomic E-state index is 11.8. The summed E-state index contributed by atoms with van der Waals surface area (Å²) in [6, 6.07) is 0. The van der Waals surface area contributed by atoms with Crippen LogP contribution in [-0.2, 0) is 9.59 Å². The van der Waals surface area contributed by atoms with E-state index in [9.17, 15) is 24.9 Å². The lowest BCUT2D eigenvalue weighted by atomic mass is 9.66. The van der Waals surface area contributed by atoms with Crippen molar-refractivity contribution in [3.63, 3.8) is 0 Å². The molecule has 1 aliphatic carbocycles. The maximum Gasteiger partial charge on any atom is 0.317 e. The van der Waals surface area contributed by atoms with Crippen LogP contribution in [0.5, 0.6) is 0 Å². The lowest BCUT2D eigenvalue weighted by Gasteiger charge is -2.37. The number of aliphatic hydroxyl groups excluding tert-OH is 3. The zero-order valence-electron chi connectivity index (χ0n) is 10.5. The predicted molar refractivity (Wildman–Crippen MR) is 65.0 cm³/mol. The minimum atomic E-state index is -1.91. The van der Waals surface area contributed by atoms with Crippen LogP contribution in [0.25, 0.3) is 0 Å². The molecule has 19 heavy (non-hydrogen) atoms. The number of hydrogen-bond acceptors (Lipinski definition) is 5. The summed E-state index contributed by atoms with van der Waals surface area (Å²) in [7, 11) is 0. The summed E-state index contributed by atoms with van der Waals surface area (Å²) >= 11 is 0. The largest absolute Gasteiger partial charge is 0.508 e. The number of allylic oxidation sites excluding steroid dienone is 1. The van der Waals surface area contributed by atoms with Crippen LogP contribution >= 0.6 is 0 Å². The van der Waals surface area contributed by atoms with Gasteiger partial charge in [-0.25, -0.2) is 0 Å². The molecule has 0 aliphatic heterocycles. The molecule has 106 valence electrons. The van der Waals surface area contributed by atoms with Gasteiger partial charge in [0.05, 0.1) is 12.5 Å². The van der Waals surface area contributed by atoms with Crippen LogP contribution < -0.4 is 5.32 Å². The number of carbonyl (C=O) groups is 2. The molecule has 1 aliphatic rings. The summed E-state index contributed by atoms with van der Waals surface area (Å²) in [6.07, 6.45) is 2.62. The van der Waals surface area contributed by atoms with E-state index in [1.807, 2.05) is 0 Å². The summed E-state index contributed by atoms with van der Waals surface area (Å²) in [5, 5.41) is 39.5. The van der Waals surface area contributed by atoms with Crippen LogP contribution in [0.3, 0.4) is 0 Å². The third-order valence-electron chi connectivity index (χ3n) is 3.35. The highest BCUT2D eigenvalue weighted by molar-refractivity contribution is 5.92. The Labute approximate surface area is 109 Å². The summed E-state index contributed by atoms with van der Waals surface area (Å²) in [4.78, 5) is 23.4. The molecule has 0 saturated carbocycles. The van der Waals surface area contributed by atoms with Crippen LogP contribution in [0, 0.1) is 11.3 Å². The second-order valence-corrected chi connectivity index (χ2v) is 4.19. The summed E-state index contributed by atoms with van der Waals surface area (Å²) in [5.41, 5.74) is -1.82. The molecule has 0 aromatic heterocycles. The third-order valence-corrected chi connectivity index (χ3v) is 3.35. The highest BCUT2D eigenvalue weighted by Gasteiger charge is 2.52. The van der Waals surface area contributed by atoms with Crippen molar-refractivity contribution in [2.24, 2.45) is 11.3 Å². The third kappa shape index (κ3) is 2.34. The van der Waals surface area contributed by atoms with Crippen molar-refractivity contribution in [2.45, 2.75) is 13.3 Å². The van der Waals surface area contributed by atoms with Crippen LogP contribution in [0.1, 0.15) is 13.3 Å². The zero-order valence-corrected chi connectivity index (χ0v) is 10.5. The van der Waals surface area contributed by atoms with E-state index in [1.54, 1.807) is 6.92 Å². The van der Waals surface area contributed by atoms with Gasteiger partial charge in [0.1, 0.15) is 17.9 Å². The number of aliphatic hydroxyl groups is 3. The molecule has 0 bridgehead atoms. The predicted octanol–water partition coefficient (Wildman–Crippen LogP) is -0.476. The van der Waals surface area contributed by atoms with Crippen molar-refractivity contribution in [3.05, 3.63) is 23.5 Å². The average Bonchev–Trinajstić information content (AvgIpc) is 2.37. The molecule has 0 heterocycles. The first-order valence-electron chi connectivity index (χ1n) is 5.79. The van der Waals surface area contributed by atoms with Crippen molar-refractivity contribution in [3.8, 4) is 0 Å². The summed E-state index contributed by atoms with van der Waals surface area (Å²) in [5.74, 6) is -3.59. The quantitative estimate of drug-likeness (QED) is 0.430. The van der Waals surface area contributed by atoms with E-state index in [0.29, 0.717) is 0 Å². The topological polar surface area (TPSA) is 127 Å². The summed E-state index contributed by atoms with van der Waals surface area (Å²) < 4.78 is 0. The smallest absolute Gasteiger partial charge is 0.317 e. The van der Waals surface area contributed by atoms with Gasteiger partial charge >= 0.3 is 5.97 Å². The number of carboxylic acid groups (broad SMARTS) is 1. The molecule has 7 nitrogen and oxygen atoms in total. The van der Waals surface area contributed by atoms with Crippen LogP contribution in [0.2, 0.25) is 0 Å². The second-order valence-electron chi connectivity index (χ2n) is 4.19. The molecule has 0 saturated heterocycles. The Balaban J connectivity index is 3.37. The first kappa shape index (κ1) is 15.2. The average molecular weight is 271 g/mol. The summed E-state index contributed by atoms with van der Waals surface area (Å²) in [6.45, 7) is 0.157. The Morgan fingerprint density at radius 2 is 2.05 bits per heavy atom. The fourth-order valence-corrected chi connectivity index (χ4v) is 2.39. The van der Waals surface area contributed by atoms with Crippen molar-refractivity contribution in [1.29, 1.82) is 0 Å². The van der Waals surface area contributed by atoms with Gasteiger partial charge in [-0.2, -0.15) is 0 Å². The number of nitrogens with one attached hydrogen (secondary N) is 1. The lowest BCUT2D eigenvalue weighted by molar-refractivity contribution is -0.155. The number of carbonyl (C=O) groups excluding carboxylic acids is 1. The molecule has 5 N–H and O–H groups in total. The van der Waals surface area contributed by atoms with Gasteiger partial charge in [-0.1, -0.05) is 13.0 Å². The van der Waals surface area contributed by atoms with Crippen LogP contribution in [-0.4, -0.2) is 45.6 Å². The van der Waals surface area contributed by atoms with Crippen LogP contribution in [0.4, 0.5) is 0 Å². The number of hydrogen-bond donors (Lipinski definition) is 5. The maximum absolute atomic E-state index is 11.8. The van der Waals surface area contributed by atoms with Crippen molar-refractivity contribution in [1.82, 2.24) is 5.32 Å². The normalized spacial score (nSPS) is 26.4. The minimum absolute atomic E-state index is 0.0862. The van der Waals surface area contributed by atoms with Crippen molar-refractivity contribution >= 4 is 11.9 Å². The molecule has 0 fully saturated rings. The van der Waals surface area contributed by atoms with Crippen molar-refractivity contribution < 1.29 is 30.0 Å². The molecule has 2 atom stereocenters. The highest BCUT2D eigenvalue weighted by Crippen LogP contribution is 2.43. The molecular weight excluding hydrogens is 254 g/mol. The molecule has 0 radical (unpaired) electrons. The Kier molecular flexibility index (Phi) is 4.68. The molecule has 1 amide bonds. The van der Waals surface area contributed by atoms with Crippen LogP contribution in [0.15, 0.2) is 23.5 Å². The first-order chi connectivity index (χ1) is 8.95. The lowest BCUT2D eigenvalue weighted by Crippen LogP contribution is -2.51. The Morgan fingerprint density at radius 3 is 2.47 bits per heavy atom. The Morgan fingerprint density at radius 1 is 1.42 bits per heavy atom. The molecule has 0 spiro atoms. The van der Waals surface area contributed by atoms with Gasteiger partial charge in [0.25, 0.3) is 0 Å². The highest BCUT2D eigenvalue weighted by atomic mass is 16.4. The minimum Gasteiger partial charge on any atom is -0.508 e. The van der Waals surface area contributed by atoms with E-state index in [-0.39, 0.29) is 17.8 Å². The first-order valence-corrected chi connectivity index (χ1v) is 5.79. The number of aliphatic carboxylic acids is 1. The zero-order chi connectivity index (χ0) is 14.6. The van der Waals surface area contributed by atoms with Gasteiger partial charge in [0.15, 0.2) is 0 Å². The van der Waals surface area contributed by atoms with Crippen molar-refractivity contribution in [2.75, 3.05) is 13.3 Å². The Hall–Kier alpha value is -1.86. The van der Waals surface area contributed by atoms with E-state index < -0.39 is 36.5 Å². The molecular formula is C12H17NO6. The van der Waals surface area contributed by atoms with Gasteiger partial charge in [-0.15, -0.1) is 0 Å². The molecule has 7 heteroatoms. The van der Waals surface area contributed by atoms with E-state index in [0.717, 1.165) is 0 Å². The SMILES string of the molecule is CCC1=C(O)C=CC(C(=O)NCO)C1(CO)C(=O)O. The number of amides is 1. The van der Waals surface area contributed by atoms with Gasteiger partial charge in [-0.05, 0) is 18.1 Å². The fourth-order valence-electron chi connectivity index (χ4n) is 2.39. The number of rotatable bonds is 5. The second kappa shape index (κ2) is 5.85. The van der Waals surface area contributed by atoms with E-state index in [4.69, 9.17) is 5.11 Å². The van der Waals surface area contributed by atoms with E-state index in [2.05, 4.69) is 5.32 Å². The molecule has 0 aromatic rings. The molecule has 0 aromatic carbocycles. The van der Waals surface area contributed by atoms with E-state index >= 15 is 0 Å². The van der Waals surface area contributed by atoms with Gasteiger partial charge in [0, 0.05) is 0 Å². The van der Waals surface area contributed by atoms with Gasteiger partial charge in [-0.3, -0.25) is 9.59 Å². The van der Waals surface area contributed by atoms with Gasteiger partial charge < -0.3 is 25.7 Å². The van der Waals surface area contributed by atoms with E-state index in [1.165, 1.54) is 12.2 Å². The standard InChI is InChI=1S/C12H17NO6/c1-2-7-9(16)4-3-8(10(17)13-6-15)12(7,5-14)11(18)19/h3-4,8,14-16H,2,5-6H2,1H3,(H,13,17)(H,18,19). The molecule has 2 unspecified atom stereocenters. The fraction of sp³-hybridized carbons (Fsp3) is 0.500. The molecule has 1 rings (SSSR count). The number of carboxylic acids is 1.